The zero-order valence-electron chi connectivity index (χ0n) is 10.2. The second kappa shape index (κ2) is 5.04. The van der Waals surface area contributed by atoms with E-state index in [1.54, 1.807) is 4.90 Å². The maximum absolute atomic E-state index is 12.0. The van der Waals surface area contributed by atoms with E-state index in [4.69, 9.17) is 0 Å². The third kappa shape index (κ3) is 2.44. The molecule has 0 aromatic heterocycles. The predicted molar refractivity (Wildman–Crippen MR) is 62.1 cm³/mol. The van der Waals surface area contributed by atoms with Crippen LogP contribution in [0.15, 0.2) is 0 Å². The Labute approximate surface area is 101 Å². The molecule has 96 valence electrons. The van der Waals surface area contributed by atoms with Crippen LogP contribution in [0.25, 0.3) is 0 Å². The lowest BCUT2D eigenvalue weighted by Crippen LogP contribution is -2.57. The van der Waals surface area contributed by atoms with Gasteiger partial charge < -0.3 is 15.3 Å². The van der Waals surface area contributed by atoms with Crippen molar-refractivity contribution in [3.63, 3.8) is 0 Å². The third-order valence-corrected chi connectivity index (χ3v) is 3.71. The van der Waals surface area contributed by atoms with Crippen molar-refractivity contribution in [2.45, 2.75) is 32.3 Å². The van der Waals surface area contributed by atoms with Crippen LogP contribution < -0.4 is 5.32 Å². The summed E-state index contributed by atoms with van der Waals surface area (Å²) < 4.78 is 0. The fraction of sp³-hybridized carbons (Fsp3) is 0.833. The molecule has 2 atom stereocenters. The van der Waals surface area contributed by atoms with Gasteiger partial charge in [0, 0.05) is 19.6 Å². The highest BCUT2D eigenvalue weighted by molar-refractivity contribution is 5.85. The van der Waals surface area contributed by atoms with Gasteiger partial charge in [-0.25, -0.2) is 0 Å². The summed E-state index contributed by atoms with van der Waals surface area (Å²) in [5, 5.41) is 12.4. The van der Waals surface area contributed by atoms with Gasteiger partial charge in [-0.2, -0.15) is 0 Å². The Morgan fingerprint density at radius 1 is 1.35 bits per heavy atom. The van der Waals surface area contributed by atoms with Crippen LogP contribution in [0.5, 0.6) is 0 Å². The van der Waals surface area contributed by atoms with Crippen molar-refractivity contribution in [1.82, 2.24) is 10.2 Å². The monoisotopic (exact) mass is 240 g/mol. The Bertz CT molecular complexity index is 313. The van der Waals surface area contributed by atoms with Gasteiger partial charge in [-0.1, -0.05) is 0 Å². The zero-order chi connectivity index (χ0) is 12.4. The number of hydrogen-bond donors (Lipinski definition) is 2. The molecule has 2 amide bonds. The van der Waals surface area contributed by atoms with Gasteiger partial charge in [0.2, 0.25) is 11.8 Å². The van der Waals surface area contributed by atoms with Gasteiger partial charge in [0.1, 0.15) is 0 Å². The molecule has 2 aliphatic rings. The summed E-state index contributed by atoms with van der Waals surface area (Å²) >= 11 is 0. The molecule has 1 aliphatic carbocycles. The maximum Gasteiger partial charge on any atom is 0.228 e. The maximum atomic E-state index is 12.0. The molecular formula is C12H20N2O3. The van der Waals surface area contributed by atoms with Crippen LogP contribution in [-0.4, -0.2) is 47.6 Å². The summed E-state index contributed by atoms with van der Waals surface area (Å²) in [5.41, 5.74) is 0. The fourth-order valence-electron chi connectivity index (χ4n) is 2.61. The summed E-state index contributed by atoms with van der Waals surface area (Å²) in [6.45, 7) is 3.53. The van der Waals surface area contributed by atoms with Crippen LogP contribution in [-0.2, 0) is 9.59 Å². The van der Waals surface area contributed by atoms with Crippen LogP contribution in [0.4, 0.5) is 0 Å². The van der Waals surface area contributed by atoms with Gasteiger partial charge in [-0.05, 0) is 26.2 Å². The highest BCUT2D eigenvalue weighted by atomic mass is 16.3. The second-order valence-electron chi connectivity index (χ2n) is 4.94. The van der Waals surface area contributed by atoms with Crippen LogP contribution >= 0.6 is 0 Å². The highest BCUT2D eigenvalue weighted by Crippen LogP contribution is 2.29. The molecule has 2 unspecified atom stereocenters. The van der Waals surface area contributed by atoms with E-state index < -0.39 is 6.10 Å². The Balaban J connectivity index is 1.79. The minimum atomic E-state index is -0.481. The van der Waals surface area contributed by atoms with Crippen molar-refractivity contribution in [2.24, 2.45) is 11.8 Å². The Hall–Kier alpha value is -1.10. The molecule has 5 nitrogen and oxygen atoms in total. The number of aliphatic hydroxyl groups is 1. The van der Waals surface area contributed by atoms with Crippen molar-refractivity contribution in [2.75, 3.05) is 19.6 Å². The van der Waals surface area contributed by atoms with Crippen molar-refractivity contribution in [3.8, 4) is 0 Å². The van der Waals surface area contributed by atoms with Gasteiger partial charge in [0.05, 0.1) is 17.9 Å². The van der Waals surface area contributed by atoms with E-state index in [1.165, 1.54) is 0 Å². The molecule has 1 heterocycles. The van der Waals surface area contributed by atoms with Crippen LogP contribution in [0.1, 0.15) is 26.2 Å². The molecule has 2 fully saturated rings. The van der Waals surface area contributed by atoms with E-state index in [1.807, 2.05) is 6.92 Å². The van der Waals surface area contributed by atoms with Crippen molar-refractivity contribution < 1.29 is 14.7 Å². The number of nitrogens with one attached hydrogen (secondary N) is 1. The quantitative estimate of drug-likeness (QED) is 0.714. The summed E-state index contributed by atoms with van der Waals surface area (Å²) in [6, 6.07) is 0. The van der Waals surface area contributed by atoms with Crippen molar-refractivity contribution >= 4 is 11.8 Å². The molecule has 0 radical (unpaired) electrons. The summed E-state index contributed by atoms with van der Waals surface area (Å²) in [7, 11) is 0. The molecule has 1 saturated heterocycles. The first-order chi connectivity index (χ1) is 8.13. The summed E-state index contributed by atoms with van der Waals surface area (Å²) in [4.78, 5) is 25.2. The molecule has 1 aliphatic heterocycles. The Kier molecular flexibility index (Phi) is 3.66. The van der Waals surface area contributed by atoms with Crippen LogP contribution in [0.2, 0.25) is 0 Å². The van der Waals surface area contributed by atoms with E-state index in [0.29, 0.717) is 19.6 Å². The lowest BCUT2D eigenvalue weighted by molar-refractivity contribution is -0.148. The minimum absolute atomic E-state index is 0.0237. The normalized spacial score (nSPS) is 28.9. The molecule has 2 N–H and O–H groups in total. The van der Waals surface area contributed by atoms with Gasteiger partial charge in [-0.3, -0.25) is 9.59 Å². The first-order valence-corrected chi connectivity index (χ1v) is 6.38. The SMILES string of the molecule is CCNC(=O)C1CN(C(=O)C2CCCC2O)C1. The molecule has 0 spiro atoms. The standard InChI is InChI=1S/C12H20N2O3/c1-2-13-11(16)8-6-14(7-8)12(17)9-4-3-5-10(9)15/h8-10,15H,2-7H2,1H3,(H,13,16). The fourth-order valence-corrected chi connectivity index (χ4v) is 2.61. The number of aliphatic hydroxyl groups excluding tert-OH is 1. The zero-order valence-corrected chi connectivity index (χ0v) is 10.2. The third-order valence-electron chi connectivity index (χ3n) is 3.71. The van der Waals surface area contributed by atoms with Gasteiger partial charge in [0.15, 0.2) is 0 Å². The van der Waals surface area contributed by atoms with Crippen LogP contribution in [0, 0.1) is 11.8 Å². The first-order valence-electron chi connectivity index (χ1n) is 6.38. The molecule has 0 aromatic rings. The lowest BCUT2D eigenvalue weighted by atomic mass is 9.95. The smallest absolute Gasteiger partial charge is 0.228 e. The molecule has 1 saturated carbocycles. The average molecular weight is 240 g/mol. The molecule has 0 aromatic carbocycles. The Morgan fingerprint density at radius 2 is 2.06 bits per heavy atom. The van der Waals surface area contributed by atoms with E-state index in [0.717, 1.165) is 19.3 Å². The number of hydrogen-bond acceptors (Lipinski definition) is 3. The van der Waals surface area contributed by atoms with Crippen molar-refractivity contribution in [3.05, 3.63) is 0 Å². The van der Waals surface area contributed by atoms with E-state index >= 15 is 0 Å². The first kappa shape index (κ1) is 12.4. The molecule has 0 bridgehead atoms. The predicted octanol–water partition coefficient (Wildman–Crippen LogP) is -0.258. The Morgan fingerprint density at radius 3 is 2.59 bits per heavy atom. The summed E-state index contributed by atoms with van der Waals surface area (Å²) in [6.07, 6.45) is 1.95. The number of carbonyl (C=O) groups is 2. The molecule has 2 rings (SSSR count). The number of likely N-dealkylation sites (tertiary alicyclic amines) is 1. The number of amides is 2. The number of nitrogens with zero attached hydrogens (tertiary/aromatic N) is 1. The summed E-state index contributed by atoms with van der Waals surface area (Å²) in [5.74, 6) is -0.235. The molecule has 17 heavy (non-hydrogen) atoms. The molecule has 5 heteroatoms. The largest absolute Gasteiger partial charge is 0.392 e. The topological polar surface area (TPSA) is 69.6 Å². The minimum Gasteiger partial charge on any atom is -0.392 e. The number of carbonyl (C=O) groups excluding carboxylic acids is 2. The van der Waals surface area contributed by atoms with Crippen molar-refractivity contribution in [1.29, 1.82) is 0 Å². The van der Waals surface area contributed by atoms with Gasteiger partial charge in [-0.15, -0.1) is 0 Å². The second-order valence-corrected chi connectivity index (χ2v) is 4.94. The van der Waals surface area contributed by atoms with E-state index in [2.05, 4.69) is 5.32 Å². The van der Waals surface area contributed by atoms with E-state index in [-0.39, 0.29) is 23.7 Å². The van der Waals surface area contributed by atoms with E-state index in [9.17, 15) is 14.7 Å². The average Bonchev–Trinajstić information content (AvgIpc) is 2.62. The number of rotatable bonds is 3. The molecular weight excluding hydrogens is 220 g/mol. The highest BCUT2D eigenvalue weighted by Gasteiger charge is 2.41. The van der Waals surface area contributed by atoms with Gasteiger partial charge >= 0.3 is 0 Å². The van der Waals surface area contributed by atoms with Crippen LogP contribution in [0.3, 0.4) is 0 Å². The lowest BCUT2D eigenvalue weighted by Gasteiger charge is -2.40. The van der Waals surface area contributed by atoms with Gasteiger partial charge in [0.25, 0.3) is 0 Å².